The zero-order valence-electron chi connectivity index (χ0n) is 21.1. The third-order valence-electron chi connectivity index (χ3n) is 6.96. The Morgan fingerprint density at radius 2 is 1.63 bits per heavy atom. The third-order valence-corrected chi connectivity index (χ3v) is 6.96. The molecule has 8 heteroatoms. The van der Waals surface area contributed by atoms with E-state index in [0.29, 0.717) is 5.82 Å². The van der Waals surface area contributed by atoms with E-state index < -0.39 is 17.6 Å². The van der Waals surface area contributed by atoms with Gasteiger partial charge in [0.1, 0.15) is 11.9 Å². The number of nitrogens with zero attached hydrogens (tertiary/aromatic N) is 3. The number of benzene rings is 3. The number of hydrogen-bond acceptors (Lipinski definition) is 5. The van der Waals surface area contributed by atoms with Crippen LogP contribution in [-0.4, -0.2) is 21.8 Å². The molecule has 38 heavy (non-hydrogen) atoms. The van der Waals surface area contributed by atoms with Gasteiger partial charge in [-0.25, -0.2) is 9.48 Å². The molecule has 1 aromatic heterocycles. The normalized spacial score (nSPS) is 14.1. The summed E-state index contributed by atoms with van der Waals surface area (Å²) in [5, 5.41) is 18.3. The van der Waals surface area contributed by atoms with Crippen LogP contribution in [0.25, 0.3) is 16.8 Å². The van der Waals surface area contributed by atoms with Crippen molar-refractivity contribution in [1.29, 1.82) is 5.26 Å². The Bertz CT molecular complexity index is 1500. The predicted molar refractivity (Wildman–Crippen MR) is 143 cm³/mol. The molecular weight excluding hydrogens is 478 g/mol. The van der Waals surface area contributed by atoms with Gasteiger partial charge in [-0.2, -0.15) is 10.4 Å². The first-order valence-corrected chi connectivity index (χ1v) is 12.4. The summed E-state index contributed by atoms with van der Waals surface area (Å²) in [6.45, 7) is 3.70. The van der Waals surface area contributed by atoms with Crippen LogP contribution in [0.15, 0.2) is 85.1 Å². The monoisotopic (exact) mass is 505 g/mol. The summed E-state index contributed by atoms with van der Waals surface area (Å²) in [6.07, 6.45) is 3.96. The number of hydrogen-bond donors (Lipinski definition) is 2. The van der Waals surface area contributed by atoms with Gasteiger partial charge >= 0.3 is 6.09 Å². The Labute approximate surface area is 220 Å². The summed E-state index contributed by atoms with van der Waals surface area (Å²) in [6, 6.07) is 25.3. The summed E-state index contributed by atoms with van der Waals surface area (Å²) >= 11 is 0. The molecule has 0 saturated heterocycles. The average molecular weight is 506 g/mol. The quantitative estimate of drug-likeness (QED) is 0.244. The number of carbonyl (C=O) groups is 2. The fourth-order valence-electron chi connectivity index (χ4n) is 4.58. The van der Waals surface area contributed by atoms with Gasteiger partial charge in [0, 0.05) is 5.56 Å². The number of aromatic nitrogens is 2. The van der Waals surface area contributed by atoms with E-state index in [4.69, 9.17) is 10.00 Å². The van der Waals surface area contributed by atoms with Crippen molar-refractivity contribution in [2.45, 2.75) is 38.2 Å². The van der Waals surface area contributed by atoms with Gasteiger partial charge in [0.2, 0.25) is 5.91 Å². The largest absolute Gasteiger partial charge is 0.441 e. The molecule has 1 aliphatic rings. The summed E-state index contributed by atoms with van der Waals surface area (Å²) in [7, 11) is 0. The second kappa shape index (κ2) is 10.2. The molecule has 2 N–H and O–H groups in total. The highest BCUT2D eigenvalue weighted by atomic mass is 16.6. The number of rotatable bonds is 7. The molecule has 1 heterocycles. The lowest BCUT2D eigenvalue weighted by atomic mass is 9.93. The minimum atomic E-state index is -0.584. The smallest absolute Gasteiger partial charge is 0.413 e. The van der Waals surface area contributed by atoms with Crippen LogP contribution in [0.1, 0.15) is 42.6 Å². The van der Waals surface area contributed by atoms with Gasteiger partial charge in [-0.15, -0.1) is 0 Å². The van der Waals surface area contributed by atoms with Crippen LogP contribution in [0.4, 0.5) is 10.6 Å². The Morgan fingerprint density at radius 3 is 2.24 bits per heavy atom. The van der Waals surface area contributed by atoms with Crippen molar-refractivity contribution in [3.05, 3.63) is 102 Å². The Kier molecular flexibility index (Phi) is 6.67. The molecule has 1 fully saturated rings. The summed E-state index contributed by atoms with van der Waals surface area (Å²) in [4.78, 5) is 24.9. The van der Waals surface area contributed by atoms with Crippen molar-refractivity contribution in [2.24, 2.45) is 0 Å². The summed E-state index contributed by atoms with van der Waals surface area (Å²) in [5.41, 5.74) is 4.85. The highest BCUT2D eigenvalue weighted by Crippen LogP contribution is 2.48. The molecule has 2 amide bonds. The second-order valence-corrected chi connectivity index (χ2v) is 9.44. The van der Waals surface area contributed by atoms with Gasteiger partial charge in [0.15, 0.2) is 6.19 Å². The molecule has 1 atom stereocenters. The fraction of sp³-hybridized carbons (Fsp3) is 0.200. The van der Waals surface area contributed by atoms with Gasteiger partial charge in [0.05, 0.1) is 17.3 Å². The Balaban J connectivity index is 1.29. The van der Waals surface area contributed by atoms with Gasteiger partial charge < -0.3 is 4.74 Å². The van der Waals surface area contributed by atoms with Gasteiger partial charge in [-0.05, 0) is 61.1 Å². The maximum Gasteiger partial charge on any atom is 0.413 e. The van der Waals surface area contributed by atoms with Crippen LogP contribution in [0.2, 0.25) is 0 Å². The van der Waals surface area contributed by atoms with E-state index in [0.717, 1.165) is 46.3 Å². The highest BCUT2D eigenvalue weighted by molar-refractivity contribution is 5.92. The number of amides is 2. The average Bonchev–Trinajstić information content (AvgIpc) is 3.68. The molecule has 3 aromatic carbocycles. The van der Waals surface area contributed by atoms with E-state index in [2.05, 4.69) is 15.7 Å². The predicted octanol–water partition coefficient (Wildman–Crippen LogP) is 5.79. The lowest BCUT2D eigenvalue weighted by Gasteiger charge is -2.16. The number of carbonyl (C=O) groups excluding carboxylic acids is 2. The second-order valence-electron chi connectivity index (χ2n) is 9.44. The molecule has 0 radical (unpaired) electrons. The van der Waals surface area contributed by atoms with Gasteiger partial charge in [-0.3, -0.25) is 15.4 Å². The lowest BCUT2D eigenvalue weighted by Crippen LogP contribution is -2.31. The summed E-state index contributed by atoms with van der Waals surface area (Å²) in [5.74, 6) is 0.298. The molecule has 5 rings (SSSR count). The van der Waals surface area contributed by atoms with Crippen molar-refractivity contribution in [3.63, 3.8) is 0 Å². The SMILES string of the molecule is Cc1cnn(-c2ccc(-c3ccc(C4(C(=O)NC#N)CC4)cc3)cc2)c1NC(=O)O[C@H](C)c1ccccc1. The molecule has 0 spiro atoms. The highest BCUT2D eigenvalue weighted by Gasteiger charge is 2.51. The molecule has 0 unspecified atom stereocenters. The van der Waals surface area contributed by atoms with Crippen LogP contribution in [0.5, 0.6) is 0 Å². The molecule has 1 aliphatic carbocycles. The molecule has 8 nitrogen and oxygen atoms in total. The Morgan fingerprint density at radius 1 is 1.00 bits per heavy atom. The minimum Gasteiger partial charge on any atom is -0.441 e. The van der Waals surface area contributed by atoms with E-state index in [-0.39, 0.29) is 5.91 Å². The van der Waals surface area contributed by atoms with Crippen LogP contribution in [0.3, 0.4) is 0 Å². The molecule has 0 bridgehead atoms. The summed E-state index contributed by atoms with van der Waals surface area (Å²) < 4.78 is 7.23. The van der Waals surface area contributed by atoms with Gasteiger partial charge in [-0.1, -0.05) is 66.7 Å². The number of anilines is 1. The zero-order valence-corrected chi connectivity index (χ0v) is 21.1. The maximum atomic E-state index is 12.6. The zero-order chi connectivity index (χ0) is 26.7. The van der Waals surface area contributed by atoms with Crippen molar-refractivity contribution >= 4 is 17.8 Å². The molecule has 4 aromatic rings. The van der Waals surface area contributed by atoms with E-state index >= 15 is 0 Å². The van der Waals surface area contributed by atoms with Crippen LogP contribution in [0, 0.1) is 18.4 Å². The first-order valence-electron chi connectivity index (χ1n) is 12.4. The third kappa shape index (κ3) is 4.87. The van der Waals surface area contributed by atoms with Gasteiger partial charge in [0.25, 0.3) is 0 Å². The number of ether oxygens (including phenoxy) is 1. The number of nitrogens with one attached hydrogen (secondary N) is 2. The van der Waals surface area contributed by atoms with Crippen molar-refractivity contribution < 1.29 is 14.3 Å². The number of aryl methyl sites for hydroxylation is 1. The number of nitriles is 1. The van der Waals surface area contributed by atoms with Crippen LogP contribution in [-0.2, 0) is 14.9 Å². The standard InChI is InChI=1S/C30H27N5O3/c1-20-18-33-35(27(20)34-29(37)38-21(2)22-6-4-3-5-7-22)26-14-10-24(11-15-26)23-8-12-25(13-9-23)30(16-17-30)28(36)32-19-31/h3-15,18,21H,16-17H2,1-2H3,(H,32,36)(H,34,37)/t21-/m1/s1. The minimum absolute atomic E-state index is 0.241. The molecule has 0 aliphatic heterocycles. The maximum absolute atomic E-state index is 12.6. The van der Waals surface area contributed by atoms with Crippen molar-refractivity contribution in [2.75, 3.05) is 5.32 Å². The topological polar surface area (TPSA) is 109 Å². The molecular formula is C30H27N5O3. The van der Waals surface area contributed by atoms with E-state index in [1.54, 1.807) is 17.1 Å². The molecule has 190 valence electrons. The Hall–Kier alpha value is -4.90. The molecule has 1 saturated carbocycles. The lowest BCUT2D eigenvalue weighted by molar-refractivity contribution is -0.122. The van der Waals surface area contributed by atoms with Crippen molar-refractivity contribution in [3.8, 4) is 23.0 Å². The fourth-order valence-corrected chi connectivity index (χ4v) is 4.58. The van der Waals surface area contributed by atoms with E-state index in [1.165, 1.54) is 0 Å². The van der Waals surface area contributed by atoms with Crippen LogP contribution >= 0.6 is 0 Å². The van der Waals surface area contributed by atoms with Crippen molar-refractivity contribution in [1.82, 2.24) is 15.1 Å². The first-order chi connectivity index (χ1) is 18.4. The first kappa shape index (κ1) is 24.8. The van der Waals surface area contributed by atoms with Crippen LogP contribution < -0.4 is 10.6 Å². The van der Waals surface area contributed by atoms with E-state index in [1.807, 2.05) is 92.7 Å². The van der Waals surface area contributed by atoms with E-state index in [9.17, 15) is 9.59 Å².